The Morgan fingerprint density at radius 3 is 2.27 bits per heavy atom. The van der Waals surface area contributed by atoms with Crippen molar-refractivity contribution in [2.45, 2.75) is 19.9 Å². The highest BCUT2D eigenvalue weighted by Crippen LogP contribution is 2.32. The number of piperazine rings is 1. The van der Waals surface area contributed by atoms with Crippen LogP contribution in [0.15, 0.2) is 85.3 Å². The normalized spacial score (nSPS) is 15.3. The molecule has 3 aromatic carbocycles. The zero-order valence-corrected chi connectivity index (χ0v) is 21.8. The molecule has 0 N–H and O–H groups in total. The zero-order chi connectivity index (χ0) is 25.4. The van der Waals surface area contributed by atoms with Crippen LogP contribution in [-0.2, 0) is 0 Å². The second-order valence-electron chi connectivity index (χ2n) is 9.67. The smallest absolute Gasteiger partial charge is 0.168 e. The maximum atomic E-state index is 6.20. The minimum atomic E-state index is 0.179. The van der Waals surface area contributed by atoms with Crippen molar-refractivity contribution in [1.82, 2.24) is 24.6 Å². The first kappa shape index (κ1) is 23.6. The van der Waals surface area contributed by atoms with Crippen molar-refractivity contribution in [2.75, 3.05) is 31.1 Å². The highest BCUT2D eigenvalue weighted by Gasteiger charge is 2.28. The molecule has 5 aromatic rings. The van der Waals surface area contributed by atoms with Gasteiger partial charge in [0.1, 0.15) is 12.1 Å². The first-order valence-electron chi connectivity index (χ1n) is 12.6. The van der Waals surface area contributed by atoms with Gasteiger partial charge >= 0.3 is 0 Å². The van der Waals surface area contributed by atoms with E-state index in [1.165, 1.54) is 22.3 Å². The van der Waals surface area contributed by atoms with E-state index in [1.807, 2.05) is 23.0 Å². The Labute approximate surface area is 222 Å². The summed E-state index contributed by atoms with van der Waals surface area (Å²) in [5.41, 5.74) is 6.83. The van der Waals surface area contributed by atoms with Gasteiger partial charge < -0.3 is 4.90 Å². The lowest BCUT2D eigenvalue weighted by atomic mass is 9.96. The molecule has 1 aliphatic rings. The van der Waals surface area contributed by atoms with Gasteiger partial charge in [0.15, 0.2) is 5.65 Å². The van der Waals surface area contributed by atoms with Gasteiger partial charge in [0.05, 0.1) is 23.3 Å². The number of hydrogen-bond acceptors (Lipinski definition) is 5. The highest BCUT2D eigenvalue weighted by atomic mass is 35.5. The van der Waals surface area contributed by atoms with Gasteiger partial charge in [-0.3, -0.25) is 4.90 Å². The Hall–Kier alpha value is -3.74. The quantitative estimate of drug-likeness (QED) is 0.291. The van der Waals surface area contributed by atoms with Gasteiger partial charge in [-0.2, -0.15) is 5.10 Å². The van der Waals surface area contributed by atoms with E-state index in [0.29, 0.717) is 0 Å². The minimum absolute atomic E-state index is 0.179. The van der Waals surface area contributed by atoms with Crippen LogP contribution in [0.1, 0.15) is 28.3 Å². The third-order valence-electron chi connectivity index (χ3n) is 7.21. The van der Waals surface area contributed by atoms with Gasteiger partial charge in [-0.25, -0.2) is 14.6 Å². The molecular formula is C30H29ClN6. The number of halogens is 1. The summed E-state index contributed by atoms with van der Waals surface area (Å²) in [6, 6.07) is 25.5. The Kier molecular flexibility index (Phi) is 6.37. The number of hydrogen-bond donors (Lipinski definition) is 0. The molecule has 1 aliphatic heterocycles. The molecule has 3 heterocycles. The third-order valence-corrected chi connectivity index (χ3v) is 7.46. The largest absolute Gasteiger partial charge is 0.353 e. The lowest BCUT2D eigenvalue weighted by Crippen LogP contribution is -2.48. The van der Waals surface area contributed by atoms with Gasteiger partial charge in [-0.15, -0.1) is 0 Å². The van der Waals surface area contributed by atoms with E-state index in [-0.39, 0.29) is 6.04 Å². The Bertz CT molecular complexity index is 1520. The average Bonchev–Trinajstić information content (AvgIpc) is 3.35. The summed E-state index contributed by atoms with van der Waals surface area (Å²) in [5, 5.41) is 6.45. The van der Waals surface area contributed by atoms with Crippen molar-refractivity contribution < 1.29 is 0 Å². The predicted molar refractivity (Wildman–Crippen MR) is 150 cm³/mol. The summed E-state index contributed by atoms with van der Waals surface area (Å²) in [5.74, 6) is 0.948. The highest BCUT2D eigenvalue weighted by molar-refractivity contribution is 6.30. The summed E-state index contributed by atoms with van der Waals surface area (Å²) >= 11 is 6.20. The standard InChI is InChI=1S/C30H29ClN6/c1-21-8-13-27(22(2)18-21)37-30-26(19-34-37)29(32-20-33-30)36-16-14-35(15-17-36)28(23-6-4-3-5-7-23)24-9-11-25(31)12-10-24/h3-13,18-20,28H,14-17H2,1-2H3/t28-/m1/s1. The van der Waals surface area contributed by atoms with E-state index in [4.69, 9.17) is 21.7 Å². The molecule has 0 saturated carbocycles. The first-order valence-corrected chi connectivity index (χ1v) is 13.0. The van der Waals surface area contributed by atoms with E-state index in [2.05, 4.69) is 89.3 Å². The number of benzene rings is 3. The van der Waals surface area contributed by atoms with Crippen molar-refractivity contribution in [2.24, 2.45) is 0 Å². The second kappa shape index (κ2) is 9.96. The second-order valence-corrected chi connectivity index (χ2v) is 10.1. The molecule has 0 unspecified atom stereocenters. The monoisotopic (exact) mass is 508 g/mol. The summed E-state index contributed by atoms with van der Waals surface area (Å²) in [4.78, 5) is 14.2. The molecule has 2 aromatic heterocycles. The molecular weight excluding hydrogens is 480 g/mol. The fraction of sp³-hybridized carbons (Fsp3) is 0.233. The van der Waals surface area contributed by atoms with E-state index < -0.39 is 0 Å². The predicted octanol–water partition coefficient (Wildman–Crippen LogP) is 6.00. The minimum Gasteiger partial charge on any atom is -0.353 e. The van der Waals surface area contributed by atoms with Crippen LogP contribution in [0.4, 0.5) is 5.82 Å². The molecule has 1 atom stereocenters. The van der Waals surface area contributed by atoms with Crippen molar-refractivity contribution in [3.8, 4) is 5.69 Å². The fourth-order valence-electron chi connectivity index (χ4n) is 5.39. The Balaban J connectivity index is 1.27. The summed E-state index contributed by atoms with van der Waals surface area (Å²) in [6.45, 7) is 7.79. The number of anilines is 1. The average molecular weight is 509 g/mol. The first-order chi connectivity index (χ1) is 18.1. The van der Waals surface area contributed by atoms with Crippen LogP contribution < -0.4 is 4.90 Å². The molecule has 0 radical (unpaired) electrons. The third kappa shape index (κ3) is 4.59. The van der Waals surface area contributed by atoms with Gasteiger partial charge in [0, 0.05) is 31.2 Å². The Morgan fingerprint density at radius 1 is 0.811 bits per heavy atom. The molecule has 0 spiro atoms. The maximum absolute atomic E-state index is 6.20. The lowest BCUT2D eigenvalue weighted by Gasteiger charge is -2.40. The Morgan fingerprint density at radius 2 is 1.54 bits per heavy atom. The fourth-order valence-corrected chi connectivity index (χ4v) is 5.52. The van der Waals surface area contributed by atoms with Crippen molar-refractivity contribution in [1.29, 1.82) is 0 Å². The molecule has 1 saturated heterocycles. The van der Waals surface area contributed by atoms with Crippen LogP contribution in [0.5, 0.6) is 0 Å². The van der Waals surface area contributed by atoms with Gasteiger partial charge in [0.25, 0.3) is 0 Å². The molecule has 37 heavy (non-hydrogen) atoms. The van der Waals surface area contributed by atoms with Crippen LogP contribution >= 0.6 is 11.6 Å². The molecule has 6 nitrogen and oxygen atoms in total. The van der Waals surface area contributed by atoms with Gasteiger partial charge in [-0.05, 0) is 48.7 Å². The van der Waals surface area contributed by atoms with Crippen LogP contribution in [0.3, 0.4) is 0 Å². The van der Waals surface area contributed by atoms with Crippen molar-refractivity contribution in [3.63, 3.8) is 0 Å². The number of nitrogens with zero attached hydrogens (tertiary/aromatic N) is 6. The number of aromatic nitrogens is 4. The zero-order valence-electron chi connectivity index (χ0n) is 21.0. The molecule has 6 rings (SSSR count). The van der Waals surface area contributed by atoms with E-state index >= 15 is 0 Å². The van der Waals surface area contributed by atoms with Crippen LogP contribution in [-0.4, -0.2) is 50.8 Å². The SMILES string of the molecule is Cc1ccc(-n2ncc3c(N4CCN([C@H](c5ccccc5)c5ccc(Cl)cc5)CC4)ncnc32)c(C)c1. The molecule has 0 amide bonds. The molecule has 0 aliphatic carbocycles. The summed E-state index contributed by atoms with van der Waals surface area (Å²) < 4.78 is 1.93. The van der Waals surface area contributed by atoms with E-state index in [1.54, 1.807) is 6.33 Å². The topological polar surface area (TPSA) is 50.1 Å². The van der Waals surface area contributed by atoms with Crippen LogP contribution in [0, 0.1) is 13.8 Å². The van der Waals surface area contributed by atoms with Crippen molar-refractivity contribution >= 4 is 28.5 Å². The van der Waals surface area contributed by atoms with Gasteiger partial charge in [-0.1, -0.05) is 71.8 Å². The molecule has 186 valence electrons. The maximum Gasteiger partial charge on any atom is 0.168 e. The lowest BCUT2D eigenvalue weighted by molar-refractivity contribution is 0.212. The van der Waals surface area contributed by atoms with Crippen molar-refractivity contribution in [3.05, 3.63) is 113 Å². The van der Waals surface area contributed by atoms with E-state index in [9.17, 15) is 0 Å². The van der Waals surface area contributed by atoms with Crippen LogP contribution in [0.25, 0.3) is 16.7 Å². The molecule has 7 heteroatoms. The van der Waals surface area contributed by atoms with E-state index in [0.717, 1.165) is 53.7 Å². The number of aryl methyl sites for hydroxylation is 2. The number of fused-ring (bicyclic) bond motifs is 1. The number of rotatable bonds is 5. The summed E-state index contributed by atoms with van der Waals surface area (Å²) in [6.07, 6.45) is 3.56. The molecule has 0 bridgehead atoms. The van der Waals surface area contributed by atoms with Crippen LogP contribution in [0.2, 0.25) is 5.02 Å². The summed E-state index contributed by atoms with van der Waals surface area (Å²) in [7, 11) is 0. The van der Waals surface area contributed by atoms with Gasteiger partial charge in [0.2, 0.25) is 0 Å². The molecule has 1 fully saturated rings.